The Bertz CT molecular complexity index is 1420. The topological polar surface area (TPSA) is 103 Å². The molecule has 1 saturated heterocycles. The summed E-state index contributed by atoms with van der Waals surface area (Å²) in [5, 5.41) is 2.23. The Morgan fingerprint density at radius 2 is 1.78 bits per heavy atom. The highest BCUT2D eigenvalue weighted by Gasteiger charge is 2.37. The number of anilines is 1. The lowest BCUT2D eigenvalue weighted by Gasteiger charge is -2.26. The van der Waals surface area contributed by atoms with Crippen LogP contribution in [0.25, 0.3) is 6.08 Å². The molecular formula is C27H21IN2O7. The zero-order chi connectivity index (χ0) is 25.9. The standard InChI is InChI=1S/C27H21IN2O7/c1-2-34-23-12-17(11-20(28)24(23)35-14-16-6-4-3-5-7-16)10-19-25(31)29-27(33)30(26(19)32)18-8-9-21-22(13-18)37-15-36-21/h3-13H,2,14-15H2,1H3,(H,29,31,33)/b19-10+. The molecule has 2 aliphatic rings. The molecule has 0 unspecified atom stereocenters. The lowest BCUT2D eigenvalue weighted by molar-refractivity contribution is -0.122. The van der Waals surface area contributed by atoms with Crippen molar-refractivity contribution in [3.63, 3.8) is 0 Å². The molecular weight excluding hydrogens is 591 g/mol. The first-order chi connectivity index (χ1) is 17.9. The summed E-state index contributed by atoms with van der Waals surface area (Å²) in [4.78, 5) is 39.4. The number of carbonyl (C=O) groups is 3. The van der Waals surface area contributed by atoms with Gasteiger partial charge in [-0.15, -0.1) is 0 Å². The average molecular weight is 612 g/mol. The molecule has 4 amide bonds. The SMILES string of the molecule is CCOc1cc(/C=C2\C(=O)NC(=O)N(c3ccc4c(c3)OCO4)C2=O)cc(I)c1OCc1ccccc1. The van der Waals surface area contributed by atoms with Crippen LogP contribution in [0.1, 0.15) is 18.1 Å². The number of carbonyl (C=O) groups excluding carboxylic acids is 3. The van der Waals surface area contributed by atoms with Gasteiger partial charge in [0.15, 0.2) is 23.0 Å². The van der Waals surface area contributed by atoms with Gasteiger partial charge in [0.1, 0.15) is 12.2 Å². The molecule has 188 valence electrons. The molecule has 0 bridgehead atoms. The second kappa shape index (κ2) is 10.5. The van der Waals surface area contributed by atoms with Gasteiger partial charge < -0.3 is 18.9 Å². The van der Waals surface area contributed by atoms with Crippen molar-refractivity contribution >= 4 is 52.2 Å². The zero-order valence-corrected chi connectivity index (χ0v) is 21.8. The minimum absolute atomic E-state index is 0.0500. The van der Waals surface area contributed by atoms with Gasteiger partial charge in [0.2, 0.25) is 6.79 Å². The normalized spacial score (nSPS) is 15.7. The Balaban J connectivity index is 1.45. The van der Waals surface area contributed by atoms with E-state index in [9.17, 15) is 14.4 Å². The molecule has 9 nitrogen and oxygen atoms in total. The number of ether oxygens (including phenoxy) is 4. The van der Waals surface area contributed by atoms with Crippen LogP contribution in [0.15, 0.2) is 66.2 Å². The van der Waals surface area contributed by atoms with Gasteiger partial charge in [-0.1, -0.05) is 30.3 Å². The molecule has 0 spiro atoms. The maximum atomic E-state index is 13.3. The van der Waals surface area contributed by atoms with Crippen LogP contribution in [0.2, 0.25) is 0 Å². The fourth-order valence-electron chi connectivity index (χ4n) is 3.89. The Morgan fingerprint density at radius 1 is 1.00 bits per heavy atom. The molecule has 3 aromatic carbocycles. The number of imide groups is 2. The van der Waals surface area contributed by atoms with E-state index in [2.05, 4.69) is 27.9 Å². The number of nitrogens with one attached hydrogen (secondary N) is 1. The second-order valence-corrected chi connectivity index (χ2v) is 9.19. The fraction of sp³-hybridized carbons (Fsp3) is 0.148. The molecule has 5 rings (SSSR count). The summed E-state index contributed by atoms with van der Waals surface area (Å²) in [6.07, 6.45) is 1.43. The third kappa shape index (κ3) is 5.10. The fourth-order valence-corrected chi connectivity index (χ4v) is 4.67. The van der Waals surface area contributed by atoms with Gasteiger partial charge in [0.05, 0.1) is 15.9 Å². The lowest BCUT2D eigenvalue weighted by Crippen LogP contribution is -2.54. The number of urea groups is 1. The summed E-state index contributed by atoms with van der Waals surface area (Å²) in [7, 11) is 0. The van der Waals surface area contributed by atoms with E-state index in [-0.39, 0.29) is 18.1 Å². The van der Waals surface area contributed by atoms with Gasteiger partial charge in [0, 0.05) is 6.07 Å². The van der Waals surface area contributed by atoms with Crippen molar-refractivity contribution in [2.24, 2.45) is 0 Å². The maximum Gasteiger partial charge on any atom is 0.335 e. The summed E-state index contributed by atoms with van der Waals surface area (Å²) in [6, 6.07) is 17.0. The van der Waals surface area contributed by atoms with E-state index < -0.39 is 17.8 Å². The molecule has 0 atom stereocenters. The van der Waals surface area contributed by atoms with Crippen LogP contribution in [0.3, 0.4) is 0 Å². The number of halogens is 1. The Kier molecular flexibility index (Phi) is 6.99. The highest BCUT2D eigenvalue weighted by Crippen LogP contribution is 2.38. The number of nitrogens with zero attached hydrogens (tertiary/aromatic N) is 1. The van der Waals surface area contributed by atoms with Crippen LogP contribution in [0.5, 0.6) is 23.0 Å². The van der Waals surface area contributed by atoms with Crippen LogP contribution < -0.4 is 29.2 Å². The van der Waals surface area contributed by atoms with Crippen molar-refractivity contribution in [2.75, 3.05) is 18.3 Å². The number of hydrogen-bond acceptors (Lipinski definition) is 7. The van der Waals surface area contributed by atoms with Gasteiger partial charge in [-0.3, -0.25) is 14.9 Å². The van der Waals surface area contributed by atoms with Gasteiger partial charge in [-0.25, -0.2) is 9.69 Å². The third-order valence-corrected chi connectivity index (χ3v) is 6.39. The minimum atomic E-state index is -0.847. The smallest absolute Gasteiger partial charge is 0.335 e. The molecule has 0 radical (unpaired) electrons. The van der Waals surface area contributed by atoms with Crippen LogP contribution in [-0.2, 0) is 16.2 Å². The van der Waals surface area contributed by atoms with Crippen LogP contribution in [-0.4, -0.2) is 31.2 Å². The molecule has 0 aromatic heterocycles. The number of barbiturate groups is 1. The van der Waals surface area contributed by atoms with E-state index in [0.29, 0.717) is 41.8 Å². The summed E-state index contributed by atoms with van der Waals surface area (Å²) in [6.45, 7) is 2.65. The highest BCUT2D eigenvalue weighted by molar-refractivity contribution is 14.1. The third-order valence-electron chi connectivity index (χ3n) is 5.58. The summed E-state index contributed by atoms with van der Waals surface area (Å²) in [5.41, 5.74) is 1.59. The average Bonchev–Trinajstić information content (AvgIpc) is 3.35. The molecule has 10 heteroatoms. The number of hydrogen-bond donors (Lipinski definition) is 1. The number of amides is 4. The van der Waals surface area contributed by atoms with E-state index in [4.69, 9.17) is 18.9 Å². The minimum Gasteiger partial charge on any atom is -0.490 e. The predicted octanol–water partition coefficient (Wildman–Crippen LogP) is 4.66. The van der Waals surface area contributed by atoms with Crippen LogP contribution >= 0.6 is 22.6 Å². The largest absolute Gasteiger partial charge is 0.490 e. The first-order valence-corrected chi connectivity index (χ1v) is 12.5. The van der Waals surface area contributed by atoms with Crippen molar-refractivity contribution in [3.05, 3.63) is 80.9 Å². The number of rotatable bonds is 7. The second-order valence-electron chi connectivity index (χ2n) is 8.03. The Labute approximate surface area is 226 Å². The zero-order valence-electron chi connectivity index (χ0n) is 19.7. The predicted molar refractivity (Wildman–Crippen MR) is 143 cm³/mol. The van der Waals surface area contributed by atoms with Crippen molar-refractivity contribution in [2.45, 2.75) is 13.5 Å². The summed E-state index contributed by atoms with van der Waals surface area (Å²) in [5.74, 6) is 0.402. The lowest BCUT2D eigenvalue weighted by atomic mass is 10.1. The van der Waals surface area contributed by atoms with Gasteiger partial charge >= 0.3 is 6.03 Å². The first kappa shape index (κ1) is 24.6. The molecule has 1 N–H and O–H groups in total. The molecule has 37 heavy (non-hydrogen) atoms. The number of fused-ring (bicyclic) bond motifs is 1. The van der Waals surface area contributed by atoms with Crippen molar-refractivity contribution in [3.8, 4) is 23.0 Å². The van der Waals surface area contributed by atoms with E-state index in [1.165, 1.54) is 12.1 Å². The van der Waals surface area contributed by atoms with Gasteiger partial charge in [0.25, 0.3) is 11.8 Å². The molecule has 0 aliphatic carbocycles. The Morgan fingerprint density at radius 3 is 2.57 bits per heavy atom. The molecule has 2 heterocycles. The van der Waals surface area contributed by atoms with E-state index >= 15 is 0 Å². The van der Waals surface area contributed by atoms with Crippen molar-refractivity contribution in [1.29, 1.82) is 0 Å². The van der Waals surface area contributed by atoms with Crippen LogP contribution in [0, 0.1) is 3.57 Å². The molecule has 2 aliphatic heterocycles. The maximum absolute atomic E-state index is 13.3. The van der Waals surface area contributed by atoms with E-state index in [1.807, 2.05) is 37.3 Å². The summed E-state index contributed by atoms with van der Waals surface area (Å²) < 4.78 is 23.2. The van der Waals surface area contributed by atoms with Gasteiger partial charge in [-0.05, 0) is 71.0 Å². The monoisotopic (exact) mass is 612 g/mol. The van der Waals surface area contributed by atoms with Gasteiger partial charge in [-0.2, -0.15) is 0 Å². The van der Waals surface area contributed by atoms with E-state index in [1.54, 1.807) is 24.3 Å². The first-order valence-electron chi connectivity index (χ1n) is 11.4. The molecule has 1 fully saturated rings. The highest BCUT2D eigenvalue weighted by atomic mass is 127. The number of benzene rings is 3. The Hall–Kier alpha value is -4.06. The molecule has 0 saturated carbocycles. The summed E-state index contributed by atoms with van der Waals surface area (Å²) >= 11 is 2.12. The van der Waals surface area contributed by atoms with Crippen LogP contribution in [0.4, 0.5) is 10.5 Å². The van der Waals surface area contributed by atoms with Crippen molar-refractivity contribution < 1.29 is 33.3 Å². The molecule has 3 aromatic rings. The van der Waals surface area contributed by atoms with E-state index in [0.717, 1.165) is 14.0 Å². The van der Waals surface area contributed by atoms with Crippen molar-refractivity contribution in [1.82, 2.24) is 5.32 Å². The quantitative estimate of drug-likeness (QED) is 0.235.